The Bertz CT molecular complexity index is 402. The molecule has 1 aromatic rings. The molecule has 1 heterocycles. The molecule has 1 aliphatic heterocycles. The van der Waals surface area contributed by atoms with E-state index in [1.165, 1.54) is 17.5 Å². The van der Waals surface area contributed by atoms with Crippen LogP contribution < -0.4 is 5.43 Å². The van der Waals surface area contributed by atoms with E-state index in [2.05, 4.69) is 10.5 Å². The van der Waals surface area contributed by atoms with Crippen molar-refractivity contribution in [1.82, 2.24) is 15.7 Å². The van der Waals surface area contributed by atoms with Gasteiger partial charge in [-0.05, 0) is 5.56 Å². The minimum Gasteiger partial charge on any atom is -0.242 e. The Labute approximate surface area is 93.6 Å². The topological polar surface area (TPSA) is 30.9 Å². The van der Waals surface area contributed by atoms with Crippen LogP contribution in [0.4, 0.5) is 4.39 Å². The first kappa shape index (κ1) is 10.6. The van der Waals surface area contributed by atoms with E-state index in [1.807, 2.05) is 37.4 Å². The van der Waals surface area contributed by atoms with Crippen LogP contribution in [-0.4, -0.2) is 23.5 Å². The summed E-state index contributed by atoms with van der Waals surface area (Å²) in [4.78, 5) is 0. The van der Waals surface area contributed by atoms with E-state index in [0.717, 1.165) is 5.56 Å². The zero-order valence-electron chi connectivity index (χ0n) is 8.97. The molecule has 1 aliphatic rings. The highest BCUT2D eigenvalue weighted by Gasteiger charge is 2.12. The lowest BCUT2D eigenvalue weighted by atomic mass is 10.2. The summed E-state index contributed by atoms with van der Waals surface area (Å²) < 4.78 is 12.9. The predicted octanol–water partition coefficient (Wildman–Crippen LogP) is 1.65. The highest BCUT2D eigenvalue weighted by atomic mass is 19.1. The predicted molar refractivity (Wildman–Crippen MR) is 60.6 cm³/mol. The largest absolute Gasteiger partial charge is 0.242 e. The third kappa shape index (κ3) is 2.58. The Morgan fingerprint density at radius 1 is 1.38 bits per heavy atom. The zero-order valence-corrected chi connectivity index (χ0v) is 8.97. The van der Waals surface area contributed by atoms with Gasteiger partial charge in [-0.1, -0.05) is 30.3 Å². The van der Waals surface area contributed by atoms with Crippen LogP contribution in [0.5, 0.6) is 0 Å². The van der Waals surface area contributed by atoms with Crippen molar-refractivity contribution in [2.45, 2.75) is 6.54 Å². The summed E-state index contributed by atoms with van der Waals surface area (Å²) in [7, 11) is 1.83. The summed E-state index contributed by atoms with van der Waals surface area (Å²) in [5.41, 5.74) is 3.63. The molecule has 0 aliphatic carbocycles. The van der Waals surface area contributed by atoms with E-state index in [1.54, 1.807) is 5.01 Å². The molecule has 2 rings (SSSR count). The normalized spacial score (nSPS) is 14.9. The van der Waals surface area contributed by atoms with Crippen molar-refractivity contribution in [3.63, 3.8) is 0 Å². The Kier molecular flexibility index (Phi) is 3.16. The Morgan fingerprint density at radius 3 is 2.81 bits per heavy atom. The number of nitrogens with zero attached hydrogens (tertiary/aromatic N) is 3. The molecule has 1 aromatic carbocycles. The second-order valence-electron chi connectivity index (χ2n) is 3.48. The van der Waals surface area contributed by atoms with Crippen molar-refractivity contribution >= 4 is 6.21 Å². The first-order valence-electron chi connectivity index (χ1n) is 4.97. The average Bonchev–Trinajstić information content (AvgIpc) is 2.30. The van der Waals surface area contributed by atoms with E-state index in [-0.39, 0.29) is 0 Å². The summed E-state index contributed by atoms with van der Waals surface area (Å²) in [6, 6.07) is 9.92. The fourth-order valence-corrected chi connectivity index (χ4v) is 1.41. The fourth-order valence-electron chi connectivity index (χ4n) is 1.41. The Hall–Kier alpha value is -1.88. The highest BCUT2D eigenvalue weighted by molar-refractivity contribution is 5.71. The molecular formula is C11H13FN4. The second kappa shape index (κ2) is 4.76. The van der Waals surface area contributed by atoms with E-state index in [0.29, 0.717) is 6.54 Å². The molecule has 0 bridgehead atoms. The molecule has 0 unspecified atom stereocenters. The maximum atomic E-state index is 12.9. The van der Waals surface area contributed by atoms with Gasteiger partial charge in [0, 0.05) is 19.7 Å². The van der Waals surface area contributed by atoms with E-state index >= 15 is 0 Å². The lowest BCUT2D eigenvalue weighted by Crippen LogP contribution is -2.45. The summed E-state index contributed by atoms with van der Waals surface area (Å²) in [5, 5.41) is 7.12. The molecule has 16 heavy (non-hydrogen) atoms. The molecule has 0 saturated heterocycles. The van der Waals surface area contributed by atoms with Crippen molar-refractivity contribution in [1.29, 1.82) is 0 Å². The van der Waals surface area contributed by atoms with Crippen LogP contribution in [0, 0.1) is 0 Å². The maximum Gasteiger partial charge on any atom is 0.209 e. The third-order valence-electron chi connectivity index (χ3n) is 2.18. The van der Waals surface area contributed by atoms with Crippen LogP contribution in [0.2, 0.25) is 0 Å². The van der Waals surface area contributed by atoms with Gasteiger partial charge in [0.1, 0.15) is 0 Å². The van der Waals surface area contributed by atoms with E-state index in [9.17, 15) is 4.39 Å². The summed E-state index contributed by atoms with van der Waals surface area (Å²) in [6.07, 6.45) is 2.68. The smallest absolute Gasteiger partial charge is 0.209 e. The van der Waals surface area contributed by atoms with Gasteiger partial charge in [-0.15, -0.1) is 10.3 Å². The number of nitrogens with one attached hydrogen (secondary N) is 1. The standard InChI is InChI=1S/C11H13FN4/c1-15(9-10-5-3-2-4-6-10)16-13-8-7-11(12)14-16/h2-8,14H,9H2,1H3. The molecule has 0 fully saturated rings. The van der Waals surface area contributed by atoms with Gasteiger partial charge in [-0.25, -0.2) is 5.43 Å². The molecule has 0 aromatic heterocycles. The highest BCUT2D eigenvalue weighted by Crippen LogP contribution is 2.07. The van der Waals surface area contributed by atoms with Crippen LogP contribution >= 0.6 is 0 Å². The summed E-state index contributed by atoms with van der Waals surface area (Å²) in [5.74, 6) is -0.421. The zero-order chi connectivity index (χ0) is 11.4. The second-order valence-corrected chi connectivity index (χ2v) is 3.48. The van der Waals surface area contributed by atoms with Gasteiger partial charge < -0.3 is 0 Å². The Morgan fingerprint density at radius 2 is 2.12 bits per heavy atom. The van der Waals surface area contributed by atoms with E-state index < -0.39 is 5.95 Å². The minimum absolute atomic E-state index is 0.421. The van der Waals surface area contributed by atoms with Gasteiger partial charge in [0.15, 0.2) is 0 Å². The van der Waals surface area contributed by atoms with Crippen LogP contribution in [-0.2, 0) is 6.54 Å². The van der Waals surface area contributed by atoms with Crippen molar-refractivity contribution in [2.75, 3.05) is 7.05 Å². The lowest BCUT2D eigenvalue weighted by molar-refractivity contribution is -0.0520. The number of hydrazine groups is 2. The molecule has 1 N–H and O–H groups in total. The van der Waals surface area contributed by atoms with Crippen molar-refractivity contribution in [3.8, 4) is 0 Å². The monoisotopic (exact) mass is 220 g/mol. The SMILES string of the molecule is CN(Cc1ccccc1)N1N=CC=C(F)N1. The molecule has 5 heteroatoms. The number of rotatable bonds is 3. The number of hydrogen-bond acceptors (Lipinski definition) is 4. The van der Waals surface area contributed by atoms with Gasteiger partial charge in [0.05, 0.1) is 6.21 Å². The summed E-state index contributed by atoms with van der Waals surface area (Å²) >= 11 is 0. The van der Waals surface area contributed by atoms with E-state index in [4.69, 9.17) is 0 Å². The summed E-state index contributed by atoms with van der Waals surface area (Å²) in [6.45, 7) is 0.651. The number of hydrogen-bond donors (Lipinski definition) is 1. The van der Waals surface area contributed by atoms with Gasteiger partial charge in [0.25, 0.3) is 0 Å². The van der Waals surface area contributed by atoms with Crippen LogP contribution in [0.3, 0.4) is 0 Å². The molecule has 4 nitrogen and oxygen atoms in total. The quantitative estimate of drug-likeness (QED) is 0.786. The average molecular weight is 220 g/mol. The van der Waals surface area contributed by atoms with Crippen LogP contribution in [0.1, 0.15) is 5.56 Å². The van der Waals surface area contributed by atoms with Crippen molar-refractivity contribution in [2.24, 2.45) is 5.10 Å². The number of hydrazone groups is 1. The third-order valence-corrected chi connectivity index (χ3v) is 2.18. The lowest BCUT2D eigenvalue weighted by Gasteiger charge is -2.30. The molecule has 0 radical (unpaired) electrons. The van der Waals surface area contributed by atoms with Crippen molar-refractivity contribution < 1.29 is 4.39 Å². The maximum absolute atomic E-state index is 12.9. The van der Waals surface area contributed by atoms with Crippen LogP contribution in [0.15, 0.2) is 47.5 Å². The number of benzene rings is 1. The molecule has 0 spiro atoms. The first-order chi connectivity index (χ1) is 7.75. The molecule has 0 saturated carbocycles. The molecule has 0 amide bonds. The number of halogens is 1. The van der Waals surface area contributed by atoms with Gasteiger partial charge >= 0.3 is 0 Å². The Balaban J connectivity index is 1.97. The fraction of sp³-hybridized carbons (Fsp3) is 0.182. The minimum atomic E-state index is -0.421. The molecule has 84 valence electrons. The van der Waals surface area contributed by atoms with Gasteiger partial charge in [-0.3, -0.25) is 0 Å². The van der Waals surface area contributed by atoms with Crippen molar-refractivity contribution in [3.05, 3.63) is 47.9 Å². The molecule has 0 atom stereocenters. The number of allylic oxidation sites excluding steroid dienone is 1. The first-order valence-corrected chi connectivity index (χ1v) is 4.97. The van der Waals surface area contributed by atoms with Gasteiger partial charge in [0.2, 0.25) is 5.95 Å². The van der Waals surface area contributed by atoms with Crippen LogP contribution in [0.25, 0.3) is 0 Å². The molecular weight excluding hydrogens is 207 g/mol. The van der Waals surface area contributed by atoms with Gasteiger partial charge in [-0.2, -0.15) is 9.40 Å².